The SMILES string of the molecule is Cc1cc(C(=O)NN=Cc2ccc(N3CCOCC3)s2)c(C)o1. The van der Waals surface area contributed by atoms with E-state index >= 15 is 0 Å². The summed E-state index contributed by atoms with van der Waals surface area (Å²) in [7, 11) is 0. The van der Waals surface area contributed by atoms with Crippen molar-refractivity contribution in [3.63, 3.8) is 0 Å². The van der Waals surface area contributed by atoms with E-state index in [2.05, 4.69) is 21.5 Å². The third kappa shape index (κ3) is 3.80. The summed E-state index contributed by atoms with van der Waals surface area (Å²) in [5.41, 5.74) is 3.05. The lowest BCUT2D eigenvalue weighted by molar-refractivity contribution is 0.0953. The number of nitrogens with one attached hydrogen (secondary N) is 1. The van der Waals surface area contributed by atoms with Crippen molar-refractivity contribution in [2.75, 3.05) is 31.2 Å². The molecule has 2 aromatic heterocycles. The fourth-order valence-corrected chi connectivity index (χ4v) is 3.37. The number of hydrogen-bond acceptors (Lipinski definition) is 6. The number of nitrogens with zero attached hydrogens (tertiary/aromatic N) is 2. The van der Waals surface area contributed by atoms with Gasteiger partial charge in [0.1, 0.15) is 11.5 Å². The van der Waals surface area contributed by atoms with E-state index in [4.69, 9.17) is 9.15 Å². The molecule has 0 unspecified atom stereocenters. The van der Waals surface area contributed by atoms with Crippen LogP contribution in [0.5, 0.6) is 0 Å². The molecule has 3 rings (SSSR count). The van der Waals surface area contributed by atoms with E-state index in [1.807, 2.05) is 13.0 Å². The van der Waals surface area contributed by atoms with Crippen molar-refractivity contribution in [1.82, 2.24) is 5.43 Å². The molecule has 2 aromatic rings. The zero-order chi connectivity index (χ0) is 16.2. The van der Waals surface area contributed by atoms with Crippen molar-refractivity contribution in [2.24, 2.45) is 5.10 Å². The number of amides is 1. The molecule has 1 aliphatic rings. The molecule has 7 heteroatoms. The Kier molecular flexibility index (Phi) is 4.78. The smallest absolute Gasteiger partial charge is 0.274 e. The molecule has 1 aliphatic heterocycles. The van der Waals surface area contributed by atoms with Gasteiger partial charge in [-0.2, -0.15) is 5.10 Å². The van der Waals surface area contributed by atoms with Crippen LogP contribution in [0.15, 0.2) is 27.7 Å². The van der Waals surface area contributed by atoms with Crippen LogP contribution in [0.25, 0.3) is 0 Å². The highest BCUT2D eigenvalue weighted by Crippen LogP contribution is 2.25. The van der Waals surface area contributed by atoms with Gasteiger partial charge in [-0.15, -0.1) is 11.3 Å². The van der Waals surface area contributed by atoms with E-state index in [9.17, 15) is 4.79 Å². The van der Waals surface area contributed by atoms with Crippen LogP contribution in [0, 0.1) is 13.8 Å². The Bertz CT molecular complexity index is 714. The van der Waals surface area contributed by atoms with E-state index in [1.54, 1.807) is 30.5 Å². The third-order valence-corrected chi connectivity index (χ3v) is 4.66. The predicted molar refractivity (Wildman–Crippen MR) is 90.6 cm³/mol. The Hall–Kier alpha value is -2.12. The number of furan rings is 1. The van der Waals surface area contributed by atoms with Crippen molar-refractivity contribution in [1.29, 1.82) is 0 Å². The maximum Gasteiger partial charge on any atom is 0.274 e. The fraction of sp³-hybridized carbons (Fsp3) is 0.375. The van der Waals surface area contributed by atoms with Gasteiger partial charge in [-0.05, 0) is 32.0 Å². The van der Waals surface area contributed by atoms with Crippen molar-refractivity contribution < 1.29 is 13.9 Å². The molecule has 0 radical (unpaired) electrons. The number of aryl methyl sites for hydroxylation is 2. The first-order valence-corrected chi connectivity index (χ1v) is 8.28. The summed E-state index contributed by atoms with van der Waals surface area (Å²) < 4.78 is 10.7. The minimum Gasteiger partial charge on any atom is -0.466 e. The number of anilines is 1. The summed E-state index contributed by atoms with van der Waals surface area (Å²) in [6.45, 7) is 6.92. The maximum atomic E-state index is 12.0. The lowest BCUT2D eigenvalue weighted by atomic mass is 10.2. The summed E-state index contributed by atoms with van der Waals surface area (Å²) in [5, 5.41) is 5.22. The Morgan fingerprint density at radius 3 is 2.83 bits per heavy atom. The normalized spacial score (nSPS) is 15.3. The van der Waals surface area contributed by atoms with Gasteiger partial charge >= 0.3 is 0 Å². The molecule has 1 saturated heterocycles. The molecule has 0 aliphatic carbocycles. The number of thiophene rings is 1. The molecule has 6 nitrogen and oxygen atoms in total. The van der Waals surface area contributed by atoms with Crippen LogP contribution in [-0.2, 0) is 4.74 Å². The highest BCUT2D eigenvalue weighted by Gasteiger charge is 2.14. The highest BCUT2D eigenvalue weighted by molar-refractivity contribution is 7.17. The van der Waals surface area contributed by atoms with E-state index in [0.717, 1.165) is 31.2 Å². The van der Waals surface area contributed by atoms with Crippen molar-refractivity contribution in [3.8, 4) is 0 Å². The van der Waals surface area contributed by atoms with Crippen LogP contribution in [0.4, 0.5) is 5.00 Å². The average Bonchev–Trinajstić information content (AvgIpc) is 3.14. The first-order chi connectivity index (χ1) is 11.1. The van der Waals surface area contributed by atoms with Gasteiger partial charge in [0.25, 0.3) is 5.91 Å². The van der Waals surface area contributed by atoms with Crippen LogP contribution in [0.1, 0.15) is 26.8 Å². The highest BCUT2D eigenvalue weighted by atomic mass is 32.1. The number of carbonyl (C=O) groups is 1. The van der Waals surface area contributed by atoms with Gasteiger partial charge in [0, 0.05) is 18.0 Å². The van der Waals surface area contributed by atoms with Crippen LogP contribution in [0.2, 0.25) is 0 Å². The minimum atomic E-state index is -0.263. The van der Waals surface area contributed by atoms with E-state index in [-0.39, 0.29) is 5.91 Å². The van der Waals surface area contributed by atoms with E-state index in [0.29, 0.717) is 17.1 Å². The van der Waals surface area contributed by atoms with Crippen LogP contribution >= 0.6 is 11.3 Å². The first kappa shape index (κ1) is 15.8. The van der Waals surface area contributed by atoms with Gasteiger partial charge in [-0.3, -0.25) is 4.79 Å². The second-order valence-corrected chi connectivity index (χ2v) is 6.40. The predicted octanol–water partition coefficient (Wildman–Crippen LogP) is 2.56. The number of ether oxygens (including phenoxy) is 1. The van der Waals surface area contributed by atoms with Gasteiger partial charge < -0.3 is 14.1 Å². The van der Waals surface area contributed by atoms with Crippen molar-refractivity contribution in [3.05, 3.63) is 40.2 Å². The summed E-state index contributed by atoms with van der Waals surface area (Å²) in [6.07, 6.45) is 1.66. The second-order valence-electron chi connectivity index (χ2n) is 5.30. The standard InChI is InChI=1S/C16H19N3O3S/c1-11-9-14(12(2)22-11)16(20)18-17-10-13-3-4-15(23-13)19-5-7-21-8-6-19/h3-4,9-10H,5-8H2,1-2H3,(H,18,20). The molecule has 0 atom stereocenters. The monoisotopic (exact) mass is 333 g/mol. The van der Waals surface area contributed by atoms with E-state index in [1.165, 1.54) is 5.00 Å². The summed E-state index contributed by atoms with van der Waals surface area (Å²) in [6, 6.07) is 5.78. The number of morpholine rings is 1. The molecule has 0 spiro atoms. The summed E-state index contributed by atoms with van der Waals surface area (Å²) in [5.74, 6) is 1.05. The molecule has 1 fully saturated rings. The maximum absolute atomic E-state index is 12.0. The van der Waals surface area contributed by atoms with E-state index < -0.39 is 0 Å². The fourth-order valence-electron chi connectivity index (χ4n) is 2.44. The Balaban J connectivity index is 1.59. The largest absolute Gasteiger partial charge is 0.466 e. The third-order valence-electron chi connectivity index (χ3n) is 3.58. The van der Waals surface area contributed by atoms with Gasteiger partial charge in [-0.25, -0.2) is 5.43 Å². The topological polar surface area (TPSA) is 67.1 Å². The number of rotatable bonds is 4. The molecular formula is C16H19N3O3S. The summed E-state index contributed by atoms with van der Waals surface area (Å²) in [4.78, 5) is 15.3. The molecule has 1 amide bonds. The lowest BCUT2D eigenvalue weighted by Gasteiger charge is -2.27. The molecule has 0 saturated carbocycles. The molecule has 1 N–H and O–H groups in total. The van der Waals surface area contributed by atoms with Gasteiger partial charge in [-0.1, -0.05) is 0 Å². The molecule has 23 heavy (non-hydrogen) atoms. The van der Waals surface area contributed by atoms with Crippen molar-refractivity contribution in [2.45, 2.75) is 13.8 Å². The van der Waals surface area contributed by atoms with Crippen molar-refractivity contribution >= 4 is 28.5 Å². The zero-order valence-electron chi connectivity index (χ0n) is 13.2. The zero-order valence-corrected chi connectivity index (χ0v) is 14.0. The Labute approximate surface area is 138 Å². The average molecular weight is 333 g/mol. The van der Waals surface area contributed by atoms with Crippen LogP contribution in [-0.4, -0.2) is 38.4 Å². The number of hydrazone groups is 1. The van der Waals surface area contributed by atoms with Gasteiger partial charge in [0.05, 0.1) is 30.0 Å². The van der Waals surface area contributed by atoms with Crippen LogP contribution in [0.3, 0.4) is 0 Å². The van der Waals surface area contributed by atoms with Gasteiger partial charge in [0.2, 0.25) is 0 Å². The molecule has 0 aromatic carbocycles. The summed E-state index contributed by atoms with van der Waals surface area (Å²) >= 11 is 1.65. The molecule has 3 heterocycles. The minimum absolute atomic E-state index is 0.263. The Morgan fingerprint density at radius 1 is 1.35 bits per heavy atom. The molecule has 122 valence electrons. The Morgan fingerprint density at radius 2 is 2.13 bits per heavy atom. The second kappa shape index (κ2) is 6.97. The number of carbonyl (C=O) groups excluding carboxylic acids is 1. The van der Waals surface area contributed by atoms with Crippen LogP contribution < -0.4 is 10.3 Å². The lowest BCUT2D eigenvalue weighted by Crippen LogP contribution is -2.35. The quantitative estimate of drug-likeness (QED) is 0.690. The first-order valence-electron chi connectivity index (χ1n) is 7.46. The molecule has 0 bridgehead atoms. The van der Waals surface area contributed by atoms with Gasteiger partial charge in [0.15, 0.2) is 0 Å². The number of hydrogen-bond donors (Lipinski definition) is 1. The molecular weight excluding hydrogens is 314 g/mol.